The zero-order valence-electron chi connectivity index (χ0n) is 13.4. The van der Waals surface area contributed by atoms with E-state index in [1.165, 1.54) is 19.5 Å². The number of hydrogen-bond acceptors (Lipinski definition) is 6. The predicted octanol–water partition coefficient (Wildman–Crippen LogP) is 2.24. The quantitative estimate of drug-likeness (QED) is 0.868. The van der Waals surface area contributed by atoms with Crippen molar-refractivity contribution in [1.82, 2.24) is 14.9 Å². The van der Waals surface area contributed by atoms with Crippen LogP contribution in [0.4, 0.5) is 11.6 Å². The topological polar surface area (TPSA) is 84.4 Å². The molecule has 7 heteroatoms. The zero-order chi connectivity index (χ0) is 16.9. The van der Waals surface area contributed by atoms with Gasteiger partial charge in [0.25, 0.3) is 5.91 Å². The van der Waals surface area contributed by atoms with E-state index in [4.69, 9.17) is 4.74 Å². The molecular formula is C17H18N4O3. The van der Waals surface area contributed by atoms with Crippen LogP contribution in [-0.4, -0.2) is 46.9 Å². The molecule has 1 aromatic heterocycles. The van der Waals surface area contributed by atoms with Crippen LogP contribution in [0, 0.1) is 0 Å². The van der Waals surface area contributed by atoms with Crippen LogP contribution in [0.1, 0.15) is 33.6 Å². The Labute approximate surface area is 139 Å². The third-order valence-corrected chi connectivity index (χ3v) is 3.83. The largest absolute Gasteiger partial charge is 0.465 e. The molecule has 1 aromatic carbocycles. The highest BCUT2D eigenvalue weighted by atomic mass is 16.5. The minimum absolute atomic E-state index is 0.0354. The van der Waals surface area contributed by atoms with Crippen LogP contribution >= 0.6 is 0 Å². The Bertz CT molecular complexity index is 740. The molecule has 0 saturated carbocycles. The maximum Gasteiger partial charge on any atom is 0.337 e. The van der Waals surface area contributed by atoms with E-state index in [0.717, 1.165) is 25.9 Å². The average molecular weight is 326 g/mol. The van der Waals surface area contributed by atoms with Gasteiger partial charge in [-0.1, -0.05) is 6.07 Å². The molecule has 3 rings (SSSR count). The van der Waals surface area contributed by atoms with Gasteiger partial charge < -0.3 is 15.0 Å². The molecule has 24 heavy (non-hydrogen) atoms. The first kappa shape index (κ1) is 15.9. The lowest BCUT2D eigenvalue weighted by atomic mass is 10.2. The highest BCUT2D eigenvalue weighted by Crippen LogP contribution is 2.16. The third kappa shape index (κ3) is 3.51. The summed E-state index contributed by atoms with van der Waals surface area (Å²) >= 11 is 0. The van der Waals surface area contributed by atoms with Crippen LogP contribution in [0.3, 0.4) is 0 Å². The fourth-order valence-electron chi connectivity index (χ4n) is 2.58. The first-order valence-corrected chi connectivity index (χ1v) is 7.74. The van der Waals surface area contributed by atoms with Gasteiger partial charge in [-0.2, -0.15) is 0 Å². The van der Waals surface area contributed by atoms with E-state index in [0.29, 0.717) is 22.8 Å². The van der Waals surface area contributed by atoms with Crippen LogP contribution < -0.4 is 5.32 Å². The van der Waals surface area contributed by atoms with Crippen molar-refractivity contribution in [2.45, 2.75) is 12.8 Å². The Balaban J connectivity index is 1.70. The summed E-state index contributed by atoms with van der Waals surface area (Å²) in [5, 5.41) is 3.00. The second kappa shape index (κ2) is 7.08. The number of anilines is 2. The Kier molecular flexibility index (Phi) is 4.69. The monoisotopic (exact) mass is 326 g/mol. The van der Waals surface area contributed by atoms with Crippen molar-refractivity contribution in [3.8, 4) is 0 Å². The summed E-state index contributed by atoms with van der Waals surface area (Å²) in [7, 11) is 1.33. The molecule has 0 spiro atoms. The maximum atomic E-state index is 12.2. The standard InChI is InChI=1S/C17H18N4O3/c1-24-16(23)12-5-4-6-14(9-12)20-17-18-10-13(11-19-17)15(22)21-7-2-3-8-21/h4-6,9-11H,2-3,7-8H2,1H3,(H,18,19,20). The van der Waals surface area contributed by atoms with Gasteiger partial charge in [-0.3, -0.25) is 4.79 Å². The summed E-state index contributed by atoms with van der Waals surface area (Å²) in [5.41, 5.74) is 1.57. The molecule has 1 N–H and O–H groups in total. The summed E-state index contributed by atoms with van der Waals surface area (Å²) in [4.78, 5) is 33.9. The van der Waals surface area contributed by atoms with Crippen molar-refractivity contribution in [3.63, 3.8) is 0 Å². The molecule has 2 heterocycles. The number of esters is 1. The van der Waals surface area contributed by atoms with Crippen LogP contribution in [0.25, 0.3) is 0 Å². The van der Waals surface area contributed by atoms with Gasteiger partial charge in [-0.05, 0) is 31.0 Å². The van der Waals surface area contributed by atoms with E-state index in [9.17, 15) is 9.59 Å². The van der Waals surface area contributed by atoms with E-state index in [1.807, 2.05) is 4.90 Å². The van der Waals surface area contributed by atoms with Gasteiger partial charge in [0.15, 0.2) is 0 Å². The average Bonchev–Trinajstić information content (AvgIpc) is 3.16. The maximum absolute atomic E-state index is 12.2. The van der Waals surface area contributed by atoms with Gasteiger partial charge in [0.05, 0.1) is 18.2 Å². The number of benzene rings is 1. The normalized spacial score (nSPS) is 13.6. The van der Waals surface area contributed by atoms with Gasteiger partial charge in [0.1, 0.15) is 0 Å². The lowest BCUT2D eigenvalue weighted by molar-refractivity contribution is 0.0600. The van der Waals surface area contributed by atoms with Crippen molar-refractivity contribution >= 4 is 23.5 Å². The molecule has 0 aliphatic carbocycles. The van der Waals surface area contributed by atoms with Gasteiger partial charge in [0.2, 0.25) is 5.95 Å². The van der Waals surface area contributed by atoms with E-state index in [-0.39, 0.29) is 5.91 Å². The van der Waals surface area contributed by atoms with Gasteiger partial charge in [0, 0.05) is 31.2 Å². The van der Waals surface area contributed by atoms with Crippen molar-refractivity contribution in [1.29, 1.82) is 0 Å². The number of nitrogens with one attached hydrogen (secondary N) is 1. The molecule has 1 fully saturated rings. The highest BCUT2D eigenvalue weighted by Gasteiger charge is 2.20. The molecule has 1 saturated heterocycles. The fraction of sp³-hybridized carbons (Fsp3) is 0.294. The SMILES string of the molecule is COC(=O)c1cccc(Nc2ncc(C(=O)N3CCCC3)cn2)c1. The number of ether oxygens (including phenoxy) is 1. The van der Waals surface area contributed by atoms with Gasteiger partial charge in [-0.15, -0.1) is 0 Å². The summed E-state index contributed by atoms with van der Waals surface area (Å²) < 4.78 is 4.69. The third-order valence-electron chi connectivity index (χ3n) is 3.83. The first-order valence-electron chi connectivity index (χ1n) is 7.74. The minimum atomic E-state index is -0.411. The number of likely N-dealkylation sites (tertiary alicyclic amines) is 1. The summed E-state index contributed by atoms with van der Waals surface area (Å²) in [5.74, 6) is -0.0900. The van der Waals surface area contributed by atoms with Crippen molar-refractivity contribution in [2.75, 3.05) is 25.5 Å². The molecule has 1 aliphatic heterocycles. The fourth-order valence-corrected chi connectivity index (χ4v) is 2.58. The number of hydrogen-bond donors (Lipinski definition) is 1. The molecular weight excluding hydrogens is 308 g/mol. The first-order chi connectivity index (χ1) is 11.7. The number of carbonyl (C=O) groups is 2. The van der Waals surface area contributed by atoms with Gasteiger partial charge in [-0.25, -0.2) is 14.8 Å². The number of carbonyl (C=O) groups excluding carboxylic acids is 2. The van der Waals surface area contributed by atoms with E-state index < -0.39 is 5.97 Å². The predicted molar refractivity (Wildman–Crippen MR) is 88.2 cm³/mol. The summed E-state index contributed by atoms with van der Waals surface area (Å²) in [6.45, 7) is 1.58. The lowest BCUT2D eigenvalue weighted by Gasteiger charge is -2.14. The second-order valence-electron chi connectivity index (χ2n) is 5.49. The Hall–Kier alpha value is -2.96. The Morgan fingerprint density at radius 2 is 1.83 bits per heavy atom. The highest BCUT2D eigenvalue weighted by molar-refractivity contribution is 5.94. The van der Waals surface area contributed by atoms with Crippen molar-refractivity contribution < 1.29 is 14.3 Å². The molecule has 0 unspecified atom stereocenters. The number of aromatic nitrogens is 2. The molecule has 2 aromatic rings. The van der Waals surface area contributed by atoms with Crippen LogP contribution in [0.5, 0.6) is 0 Å². The van der Waals surface area contributed by atoms with Crippen molar-refractivity contribution in [2.24, 2.45) is 0 Å². The molecule has 1 aliphatic rings. The molecule has 124 valence electrons. The number of rotatable bonds is 4. The minimum Gasteiger partial charge on any atom is -0.465 e. The Morgan fingerprint density at radius 1 is 1.12 bits per heavy atom. The smallest absolute Gasteiger partial charge is 0.337 e. The Morgan fingerprint density at radius 3 is 2.50 bits per heavy atom. The molecule has 0 radical (unpaired) electrons. The number of methoxy groups -OCH3 is 1. The number of amides is 1. The summed E-state index contributed by atoms with van der Waals surface area (Å²) in [6, 6.07) is 6.84. The van der Waals surface area contributed by atoms with Crippen LogP contribution in [-0.2, 0) is 4.74 Å². The van der Waals surface area contributed by atoms with Crippen LogP contribution in [0.15, 0.2) is 36.7 Å². The second-order valence-corrected chi connectivity index (χ2v) is 5.49. The van der Waals surface area contributed by atoms with E-state index in [1.54, 1.807) is 24.3 Å². The zero-order valence-corrected chi connectivity index (χ0v) is 13.4. The molecule has 0 bridgehead atoms. The summed E-state index contributed by atoms with van der Waals surface area (Å²) in [6.07, 6.45) is 5.12. The molecule has 1 amide bonds. The molecule has 7 nitrogen and oxygen atoms in total. The van der Waals surface area contributed by atoms with E-state index in [2.05, 4.69) is 15.3 Å². The number of nitrogens with zero attached hydrogens (tertiary/aromatic N) is 3. The van der Waals surface area contributed by atoms with Crippen molar-refractivity contribution in [3.05, 3.63) is 47.8 Å². The van der Waals surface area contributed by atoms with E-state index >= 15 is 0 Å². The van der Waals surface area contributed by atoms with Crippen LogP contribution in [0.2, 0.25) is 0 Å². The molecule has 0 atom stereocenters. The lowest BCUT2D eigenvalue weighted by Crippen LogP contribution is -2.27. The van der Waals surface area contributed by atoms with Gasteiger partial charge >= 0.3 is 5.97 Å².